The summed E-state index contributed by atoms with van der Waals surface area (Å²) < 4.78 is 27.2. The zero-order valence-corrected chi connectivity index (χ0v) is 25.5. The fraction of sp³-hybridized carbons (Fsp3) is 0.176. The number of ether oxygens (including phenoxy) is 5. The molecule has 0 aliphatic rings. The maximum absolute atomic E-state index is 13.0. The number of hydrogen-bond donors (Lipinski definition) is 2. The lowest BCUT2D eigenvalue weighted by Gasteiger charge is -2.14. The highest BCUT2D eigenvalue weighted by atomic mass is 16.6. The summed E-state index contributed by atoms with van der Waals surface area (Å²) in [6.45, 7) is 4.05. The van der Waals surface area contributed by atoms with Gasteiger partial charge in [0.1, 0.15) is 0 Å². The van der Waals surface area contributed by atoms with Crippen LogP contribution in [0.15, 0.2) is 84.0 Å². The van der Waals surface area contributed by atoms with Gasteiger partial charge in [-0.25, -0.2) is 10.2 Å². The van der Waals surface area contributed by atoms with Gasteiger partial charge >= 0.3 is 5.97 Å². The number of benzene rings is 4. The average molecular weight is 612 g/mol. The third-order valence-electron chi connectivity index (χ3n) is 6.41. The fourth-order valence-electron chi connectivity index (χ4n) is 4.27. The zero-order valence-electron chi connectivity index (χ0n) is 25.5. The van der Waals surface area contributed by atoms with Crippen molar-refractivity contribution >= 4 is 29.7 Å². The number of aryl methyl sites for hydroxylation is 1. The number of rotatable bonds is 12. The van der Waals surface area contributed by atoms with Crippen LogP contribution in [0, 0.1) is 6.92 Å². The molecule has 0 unspecified atom stereocenters. The highest BCUT2D eigenvalue weighted by Gasteiger charge is 2.18. The average Bonchev–Trinajstić information content (AvgIpc) is 3.05. The van der Waals surface area contributed by atoms with Crippen LogP contribution < -0.4 is 34.4 Å². The Morgan fingerprint density at radius 3 is 2.11 bits per heavy atom. The van der Waals surface area contributed by atoms with Crippen molar-refractivity contribution in [2.75, 3.05) is 33.3 Å². The minimum atomic E-state index is -0.504. The van der Waals surface area contributed by atoms with Gasteiger partial charge in [-0.1, -0.05) is 23.8 Å². The minimum absolute atomic E-state index is 0.259. The largest absolute Gasteiger partial charge is 0.493 e. The topological polar surface area (TPSA) is 134 Å². The van der Waals surface area contributed by atoms with Crippen molar-refractivity contribution in [2.24, 2.45) is 5.10 Å². The summed E-state index contributed by atoms with van der Waals surface area (Å²) in [5.74, 6) is 0.196. The molecule has 2 N–H and O–H groups in total. The van der Waals surface area contributed by atoms with Gasteiger partial charge in [-0.3, -0.25) is 9.59 Å². The molecule has 0 aliphatic heterocycles. The number of methoxy groups -OCH3 is 3. The van der Waals surface area contributed by atoms with Gasteiger partial charge < -0.3 is 29.0 Å². The number of nitrogens with one attached hydrogen (secondary N) is 2. The van der Waals surface area contributed by atoms with Gasteiger partial charge in [0.15, 0.2) is 23.0 Å². The molecule has 4 aromatic rings. The molecule has 0 radical (unpaired) electrons. The molecule has 4 aromatic carbocycles. The second-order valence-corrected chi connectivity index (χ2v) is 9.55. The van der Waals surface area contributed by atoms with Crippen LogP contribution in [0.2, 0.25) is 0 Å². The van der Waals surface area contributed by atoms with Crippen LogP contribution in [0.1, 0.15) is 49.1 Å². The fourth-order valence-corrected chi connectivity index (χ4v) is 4.27. The second-order valence-electron chi connectivity index (χ2n) is 9.55. The van der Waals surface area contributed by atoms with E-state index in [2.05, 4.69) is 15.8 Å². The monoisotopic (exact) mass is 611 g/mol. The first-order valence-corrected chi connectivity index (χ1v) is 13.9. The molecule has 45 heavy (non-hydrogen) atoms. The van der Waals surface area contributed by atoms with Gasteiger partial charge in [-0.15, -0.1) is 0 Å². The first kappa shape index (κ1) is 32.1. The lowest BCUT2D eigenvalue weighted by Crippen LogP contribution is -2.18. The second kappa shape index (κ2) is 15.1. The normalized spacial score (nSPS) is 10.6. The van der Waals surface area contributed by atoms with Crippen LogP contribution in [0.25, 0.3) is 0 Å². The molecule has 2 amide bonds. The van der Waals surface area contributed by atoms with Crippen molar-refractivity contribution in [3.63, 3.8) is 0 Å². The van der Waals surface area contributed by atoms with Crippen LogP contribution in [0.4, 0.5) is 5.69 Å². The van der Waals surface area contributed by atoms with Crippen LogP contribution in [0.5, 0.6) is 28.7 Å². The third kappa shape index (κ3) is 8.17. The smallest absolute Gasteiger partial charge is 0.343 e. The molecule has 0 spiro atoms. The van der Waals surface area contributed by atoms with E-state index in [1.54, 1.807) is 54.6 Å². The van der Waals surface area contributed by atoms with Gasteiger partial charge in [0.25, 0.3) is 11.8 Å². The van der Waals surface area contributed by atoms with E-state index in [0.29, 0.717) is 46.4 Å². The maximum atomic E-state index is 13.0. The van der Waals surface area contributed by atoms with Crippen LogP contribution in [0.3, 0.4) is 0 Å². The Morgan fingerprint density at radius 1 is 0.733 bits per heavy atom. The number of amides is 2. The van der Waals surface area contributed by atoms with E-state index in [9.17, 15) is 14.4 Å². The molecule has 0 saturated carbocycles. The Bertz CT molecular complexity index is 1710. The van der Waals surface area contributed by atoms with Gasteiger partial charge in [-0.2, -0.15) is 5.10 Å². The standard InChI is InChI=1S/C34H33N3O8/c1-6-44-28-16-22(13-14-27(28)45-34(40)24-11-7-9-21(2)15-24)20-35-37-33(39)23-10-8-12-26(17-23)36-32(38)25-18-29(41-3)31(43-5)30(19-25)42-4/h7-20H,6H2,1-5H3,(H,36,38)(H,37,39). The summed E-state index contributed by atoms with van der Waals surface area (Å²) in [5.41, 5.74) is 5.36. The Balaban J connectivity index is 1.42. The first-order valence-electron chi connectivity index (χ1n) is 13.9. The SMILES string of the molecule is CCOc1cc(C=NNC(=O)c2cccc(NC(=O)c3cc(OC)c(OC)c(OC)c3)c2)ccc1OC(=O)c1cccc(C)c1. The highest BCUT2D eigenvalue weighted by Crippen LogP contribution is 2.38. The summed E-state index contributed by atoms with van der Waals surface area (Å²) in [4.78, 5) is 38.4. The lowest BCUT2D eigenvalue weighted by molar-refractivity contribution is 0.0727. The summed E-state index contributed by atoms with van der Waals surface area (Å²) in [5, 5.41) is 6.81. The van der Waals surface area contributed by atoms with E-state index in [-0.39, 0.29) is 16.9 Å². The molecule has 11 nitrogen and oxygen atoms in total. The van der Waals surface area contributed by atoms with Crippen molar-refractivity contribution in [2.45, 2.75) is 13.8 Å². The minimum Gasteiger partial charge on any atom is -0.493 e. The predicted molar refractivity (Wildman–Crippen MR) is 169 cm³/mol. The van der Waals surface area contributed by atoms with E-state index in [4.69, 9.17) is 23.7 Å². The number of esters is 1. The van der Waals surface area contributed by atoms with Gasteiger partial charge in [0.05, 0.1) is 39.7 Å². The summed E-state index contributed by atoms with van der Waals surface area (Å²) >= 11 is 0. The highest BCUT2D eigenvalue weighted by molar-refractivity contribution is 6.06. The molecule has 0 atom stereocenters. The summed E-state index contributed by atoms with van der Waals surface area (Å²) in [6, 6.07) is 21.5. The molecule has 0 heterocycles. The van der Waals surface area contributed by atoms with Gasteiger partial charge in [-0.05, 0) is 80.1 Å². The van der Waals surface area contributed by atoms with Crippen molar-refractivity contribution < 1.29 is 38.1 Å². The summed E-state index contributed by atoms with van der Waals surface area (Å²) in [6.07, 6.45) is 1.43. The predicted octanol–water partition coefficient (Wildman–Crippen LogP) is 5.65. The number of anilines is 1. The van der Waals surface area contributed by atoms with E-state index in [1.165, 1.54) is 45.7 Å². The van der Waals surface area contributed by atoms with Gasteiger partial charge in [0, 0.05) is 16.8 Å². The number of hydrogen-bond acceptors (Lipinski definition) is 9. The molecule has 0 aliphatic carbocycles. The number of carbonyl (C=O) groups is 3. The zero-order chi connectivity index (χ0) is 32.3. The molecule has 4 rings (SSSR count). The quantitative estimate of drug-likeness (QED) is 0.0908. The molecular weight excluding hydrogens is 578 g/mol. The number of carbonyl (C=O) groups excluding carboxylic acids is 3. The molecule has 0 aromatic heterocycles. The van der Waals surface area contributed by atoms with Crippen molar-refractivity contribution in [3.8, 4) is 28.7 Å². The molecular formula is C34H33N3O8. The van der Waals surface area contributed by atoms with Crippen molar-refractivity contribution in [1.82, 2.24) is 5.43 Å². The van der Waals surface area contributed by atoms with Crippen molar-refractivity contribution in [3.05, 3.63) is 107 Å². The third-order valence-corrected chi connectivity index (χ3v) is 6.41. The Labute approximate surface area is 260 Å². The van der Waals surface area contributed by atoms with Crippen LogP contribution in [-0.2, 0) is 0 Å². The maximum Gasteiger partial charge on any atom is 0.343 e. The van der Waals surface area contributed by atoms with E-state index in [0.717, 1.165) is 5.56 Å². The van der Waals surface area contributed by atoms with Crippen LogP contribution >= 0.6 is 0 Å². The number of hydrazone groups is 1. The lowest BCUT2D eigenvalue weighted by atomic mass is 10.1. The molecule has 0 fully saturated rings. The Kier molecular flexibility index (Phi) is 10.7. The Hall–Kier alpha value is -5.84. The first-order chi connectivity index (χ1) is 21.8. The number of nitrogens with zero attached hydrogens (tertiary/aromatic N) is 1. The van der Waals surface area contributed by atoms with E-state index < -0.39 is 17.8 Å². The molecule has 11 heteroatoms. The summed E-state index contributed by atoms with van der Waals surface area (Å²) in [7, 11) is 4.39. The van der Waals surface area contributed by atoms with E-state index >= 15 is 0 Å². The van der Waals surface area contributed by atoms with Gasteiger partial charge in [0.2, 0.25) is 5.75 Å². The van der Waals surface area contributed by atoms with Crippen LogP contribution in [-0.4, -0.2) is 51.9 Å². The molecule has 232 valence electrons. The molecule has 0 saturated heterocycles. The van der Waals surface area contributed by atoms with E-state index in [1.807, 2.05) is 19.9 Å². The molecule has 0 bridgehead atoms. The van der Waals surface area contributed by atoms with Crippen molar-refractivity contribution in [1.29, 1.82) is 0 Å². The Morgan fingerprint density at radius 2 is 1.44 bits per heavy atom.